The summed E-state index contributed by atoms with van der Waals surface area (Å²) in [6, 6.07) is 13.2. The van der Waals surface area contributed by atoms with Gasteiger partial charge >= 0.3 is 5.97 Å². The average molecular weight is 340 g/mol. The molecule has 2 aromatic rings. The Kier molecular flexibility index (Phi) is 4.70. The molecular weight excluding hydrogens is 320 g/mol. The van der Waals surface area contributed by atoms with Gasteiger partial charge in [-0.15, -0.1) is 0 Å². The third-order valence-corrected chi connectivity index (χ3v) is 4.58. The number of rotatable bonds is 7. The molecule has 25 heavy (non-hydrogen) atoms. The Labute approximate surface area is 145 Å². The lowest BCUT2D eigenvalue weighted by atomic mass is 10.1. The summed E-state index contributed by atoms with van der Waals surface area (Å²) in [5.41, 5.74) is -0.230. The molecule has 0 saturated heterocycles. The molecule has 0 spiro atoms. The molecule has 3 rings (SSSR count). The van der Waals surface area contributed by atoms with E-state index in [2.05, 4.69) is 10.6 Å². The summed E-state index contributed by atoms with van der Waals surface area (Å²) in [6.07, 6.45) is 1.32. The standard InChI is InChI=1S/C19H20N2O4/c22-16(21-12-19(8-9-19)18(24)25)7-10-20-17(23)15-6-5-13-3-1-2-4-14(13)11-15/h1-6,11H,7-10,12H2,(H,20,23)(H,21,22)(H,24,25). The van der Waals surface area contributed by atoms with Crippen LogP contribution in [0.4, 0.5) is 0 Å². The van der Waals surface area contributed by atoms with Gasteiger partial charge in [-0.05, 0) is 35.7 Å². The van der Waals surface area contributed by atoms with Crippen molar-refractivity contribution in [1.29, 1.82) is 0 Å². The average Bonchev–Trinajstić information content (AvgIpc) is 3.41. The van der Waals surface area contributed by atoms with Crippen LogP contribution in [0.5, 0.6) is 0 Å². The molecular formula is C19H20N2O4. The van der Waals surface area contributed by atoms with Crippen molar-refractivity contribution in [3.05, 3.63) is 48.0 Å². The lowest BCUT2D eigenvalue weighted by Crippen LogP contribution is -2.36. The molecule has 0 heterocycles. The highest BCUT2D eigenvalue weighted by Crippen LogP contribution is 2.45. The Bertz CT molecular complexity index is 827. The fourth-order valence-corrected chi connectivity index (χ4v) is 2.70. The van der Waals surface area contributed by atoms with E-state index in [4.69, 9.17) is 5.11 Å². The Morgan fingerprint density at radius 2 is 1.72 bits per heavy atom. The molecule has 6 heteroatoms. The zero-order chi connectivity index (χ0) is 17.9. The van der Waals surface area contributed by atoms with Gasteiger partial charge in [0.05, 0.1) is 5.41 Å². The van der Waals surface area contributed by atoms with E-state index in [-0.39, 0.29) is 31.3 Å². The second-order valence-corrected chi connectivity index (χ2v) is 6.43. The van der Waals surface area contributed by atoms with Crippen LogP contribution in [-0.2, 0) is 9.59 Å². The van der Waals surface area contributed by atoms with Crippen LogP contribution in [0.2, 0.25) is 0 Å². The fourth-order valence-electron chi connectivity index (χ4n) is 2.70. The number of hydrogen-bond acceptors (Lipinski definition) is 3. The number of amides is 2. The van der Waals surface area contributed by atoms with Gasteiger partial charge in [0.1, 0.15) is 0 Å². The molecule has 2 amide bonds. The largest absolute Gasteiger partial charge is 0.481 e. The maximum atomic E-state index is 12.2. The molecule has 0 unspecified atom stereocenters. The lowest BCUT2D eigenvalue weighted by molar-refractivity contribution is -0.143. The molecule has 0 atom stereocenters. The SMILES string of the molecule is O=C(CCNC(=O)c1ccc2ccccc2c1)NCC1(C(=O)O)CC1. The molecule has 3 N–H and O–H groups in total. The number of benzene rings is 2. The van der Waals surface area contributed by atoms with Crippen molar-refractivity contribution in [2.24, 2.45) is 5.41 Å². The number of carbonyl (C=O) groups excluding carboxylic acids is 2. The predicted octanol–water partition coefficient (Wildman–Crippen LogP) is 1.94. The van der Waals surface area contributed by atoms with Crippen LogP contribution >= 0.6 is 0 Å². The smallest absolute Gasteiger partial charge is 0.311 e. The maximum absolute atomic E-state index is 12.2. The fraction of sp³-hybridized carbons (Fsp3) is 0.316. The van der Waals surface area contributed by atoms with Gasteiger partial charge in [0.2, 0.25) is 5.91 Å². The quantitative estimate of drug-likeness (QED) is 0.718. The molecule has 130 valence electrons. The van der Waals surface area contributed by atoms with Crippen molar-refractivity contribution in [1.82, 2.24) is 10.6 Å². The van der Waals surface area contributed by atoms with E-state index in [1.54, 1.807) is 6.07 Å². The first-order chi connectivity index (χ1) is 12.0. The number of nitrogens with one attached hydrogen (secondary N) is 2. The molecule has 2 aromatic carbocycles. The van der Waals surface area contributed by atoms with E-state index >= 15 is 0 Å². The summed E-state index contributed by atoms with van der Waals surface area (Å²) >= 11 is 0. The molecule has 0 bridgehead atoms. The lowest BCUT2D eigenvalue weighted by Gasteiger charge is -2.11. The van der Waals surface area contributed by atoms with Crippen LogP contribution in [0, 0.1) is 5.41 Å². The second kappa shape index (κ2) is 6.93. The minimum atomic E-state index is -0.864. The molecule has 0 aliphatic heterocycles. The van der Waals surface area contributed by atoms with Crippen LogP contribution in [0.15, 0.2) is 42.5 Å². The van der Waals surface area contributed by atoms with Crippen LogP contribution in [0.1, 0.15) is 29.6 Å². The minimum Gasteiger partial charge on any atom is -0.481 e. The monoisotopic (exact) mass is 340 g/mol. The summed E-state index contributed by atoms with van der Waals surface area (Å²) in [5, 5.41) is 16.4. The number of carbonyl (C=O) groups is 3. The number of carboxylic acids is 1. The first kappa shape index (κ1) is 17.0. The Hall–Kier alpha value is -2.89. The number of carboxylic acid groups (broad SMARTS) is 1. The third-order valence-electron chi connectivity index (χ3n) is 4.58. The summed E-state index contributed by atoms with van der Waals surface area (Å²) in [4.78, 5) is 35.0. The van der Waals surface area contributed by atoms with Gasteiger partial charge in [-0.2, -0.15) is 0 Å². The molecule has 0 radical (unpaired) electrons. The Morgan fingerprint density at radius 3 is 2.40 bits per heavy atom. The Balaban J connectivity index is 1.45. The normalized spacial score (nSPS) is 14.7. The van der Waals surface area contributed by atoms with E-state index in [1.165, 1.54) is 0 Å². The van der Waals surface area contributed by atoms with Gasteiger partial charge in [-0.3, -0.25) is 14.4 Å². The van der Waals surface area contributed by atoms with Crippen molar-refractivity contribution in [3.8, 4) is 0 Å². The Morgan fingerprint density at radius 1 is 1.00 bits per heavy atom. The first-order valence-corrected chi connectivity index (χ1v) is 8.27. The molecule has 1 aliphatic rings. The second-order valence-electron chi connectivity index (χ2n) is 6.43. The highest BCUT2D eigenvalue weighted by Gasteiger charge is 2.50. The van der Waals surface area contributed by atoms with E-state index in [1.807, 2.05) is 36.4 Å². The van der Waals surface area contributed by atoms with Crippen LogP contribution < -0.4 is 10.6 Å². The third kappa shape index (κ3) is 3.96. The van der Waals surface area contributed by atoms with Crippen molar-refractivity contribution in [3.63, 3.8) is 0 Å². The van der Waals surface area contributed by atoms with E-state index < -0.39 is 11.4 Å². The van der Waals surface area contributed by atoms with Crippen LogP contribution in [0.25, 0.3) is 10.8 Å². The maximum Gasteiger partial charge on any atom is 0.311 e. The zero-order valence-electron chi connectivity index (χ0n) is 13.7. The van der Waals surface area contributed by atoms with Gasteiger partial charge < -0.3 is 15.7 Å². The van der Waals surface area contributed by atoms with Crippen molar-refractivity contribution < 1.29 is 19.5 Å². The molecule has 1 saturated carbocycles. The summed E-state index contributed by atoms with van der Waals surface area (Å²) < 4.78 is 0. The molecule has 6 nitrogen and oxygen atoms in total. The van der Waals surface area contributed by atoms with Gasteiger partial charge in [0, 0.05) is 25.1 Å². The predicted molar refractivity (Wildman–Crippen MR) is 93.2 cm³/mol. The highest BCUT2D eigenvalue weighted by atomic mass is 16.4. The van der Waals surface area contributed by atoms with Crippen molar-refractivity contribution in [2.45, 2.75) is 19.3 Å². The number of hydrogen-bond donors (Lipinski definition) is 3. The van der Waals surface area contributed by atoms with Gasteiger partial charge in [-0.25, -0.2) is 0 Å². The molecule has 1 fully saturated rings. The van der Waals surface area contributed by atoms with Crippen molar-refractivity contribution >= 4 is 28.6 Å². The summed E-state index contributed by atoms with van der Waals surface area (Å²) in [6.45, 7) is 0.358. The van der Waals surface area contributed by atoms with E-state index in [0.717, 1.165) is 10.8 Å². The van der Waals surface area contributed by atoms with Crippen LogP contribution in [0.3, 0.4) is 0 Å². The highest BCUT2D eigenvalue weighted by molar-refractivity contribution is 5.98. The zero-order valence-corrected chi connectivity index (χ0v) is 13.7. The van der Waals surface area contributed by atoms with Gasteiger partial charge in [0.25, 0.3) is 5.91 Å². The minimum absolute atomic E-state index is 0.120. The van der Waals surface area contributed by atoms with Crippen molar-refractivity contribution in [2.75, 3.05) is 13.1 Å². The number of aliphatic carboxylic acids is 1. The first-order valence-electron chi connectivity index (χ1n) is 8.27. The topological polar surface area (TPSA) is 95.5 Å². The van der Waals surface area contributed by atoms with Crippen LogP contribution in [-0.4, -0.2) is 36.0 Å². The van der Waals surface area contributed by atoms with E-state index in [9.17, 15) is 14.4 Å². The van der Waals surface area contributed by atoms with E-state index in [0.29, 0.717) is 18.4 Å². The number of fused-ring (bicyclic) bond motifs is 1. The van der Waals surface area contributed by atoms with Gasteiger partial charge in [-0.1, -0.05) is 30.3 Å². The molecule has 1 aliphatic carbocycles. The van der Waals surface area contributed by atoms with Gasteiger partial charge in [0.15, 0.2) is 0 Å². The molecule has 0 aromatic heterocycles. The summed E-state index contributed by atoms with van der Waals surface area (Å²) in [5.74, 6) is -1.36. The summed E-state index contributed by atoms with van der Waals surface area (Å²) in [7, 11) is 0.